The van der Waals surface area contributed by atoms with Crippen molar-refractivity contribution in [3.05, 3.63) is 34.7 Å². The van der Waals surface area contributed by atoms with Crippen LogP contribution in [0.5, 0.6) is 0 Å². The molecular formula is C23H30N6O3. The van der Waals surface area contributed by atoms with Crippen molar-refractivity contribution in [1.29, 1.82) is 0 Å². The highest BCUT2D eigenvalue weighted by Crippen LogP contribution is 2.27. The van der Waals surface area contributed by atoms with Gasteiger partial charge in [-0.25, -0.2) is 13.9 Å². The van der Waals surface area contributed by atoms with Crippen molar-refractivity contribution in [1.82, 2.24) is 29.0 Å². The first kappa shape index (κ1) is 20.8. The molecule has 1 aromatic carbocycles. The molecule has 2 aromatic heterocycles. The highest BCUT2D eigenvalue weighted by molar-refractivity contribution is 5.85. The molecule has 9 heteroatoms. The number of benzene rings is 1. The average molecular weight is 439 g/mol. The van der Waals surface area contributed by atoms with E-state index in [1.807, 2.05) is 29.2 Å². The number of amides is 2. The van der Waals surface area contributed by atoms with Crippen LogP contribution < -0.4 is 11.0 Å². The van der Waals surface area contributed by atoms with Crippen LogP contribution in [0.3, 0.4) is 0 Å². The molecule has 1 saturated carbocycles. The van der Waals surface area contributed by atoms with E-state index in [0.29, 0.717) is 23.8 Å². The largest absolute Gasteiger partial charge is 0.354 e. The zero-order chi connectivity index (χ0) is 22.4. The summed E-state index contributed by atoms with van der Waals surface area (Å²) < 4.78 is 4.49. The van der Waals surface area contributed by atoms with Gasteiger partial charge in [0.2, 0.25) is 17.6 Å². The first-order valence-electron chi connectivity index (χ1n) is 11.6. The lowest BCUT2D eigenvalue weighted by Gasteiger charge is -2.39. The van der Waals surface area contributed by atoms with Gasteiger partial charge in [0.25, 0.3) is 0 Å². The number of rotatable bonds is 6. The molecule has 0 radical (unpaired) electrons. The second kappa shape index (κ2) is 8.11. The number of nitrogens with one attached hydrogen (secondary N) is 1. The molecule has 2 aliphatic rings. The number of fused-ring (bicyclic) bond motifs is 3. The van der Waals surface area contributed by atoms with Crippen molar-refractivity contribution < 1.29 is 9.59 Å². The van der Waals surface area contributed by atoms with E-state index in [0.717, 1.165) is 37.6 Å². The number of para-hydroxylation sites is 2. The van der Waals surface area contributed by atoms with Gasteiger partial charge in [-0.15, -0.1) is 5.10 Å². The second-order valence-electron chi connectivity index (χ2n) is 9.33. The molecule has 1 aliphatic heterocycles. The molecule has 3 heterocycles. The lowest BCUT2D eigenvalue weighted by atomic mass is 9.97. The zero-order valence-electron chi connectivity index (χ0n) is 18.7. The van der Waals surface area contributed by atoms with E-state index in [1.54, 1.807) is 4.57 Å². The van der Waals surface area contributed by atoms with Gasteiger partial charge in [0, 0.05) is 18.6 Å². The van der Waals surface area contributed by atoms with Crippen molar-refractivity contribution >= 4 is 28.6 Å². The van der Waals surface area contributed by atoms with Gasteiger partial charge in [-0.3, -0.25) is 14.2 Å². The van der Waals surface area contributed by atoms with E-state index in [-0.39, 0.29) is 42.7 Å². The van der Waals surface area contributed by atoms with Crippen molar-refractivity contribution in [3.8, 4) is 0 Å². The third-order valence-electron chi connectivity index (χ3n) is 6.83. The number of nitrogens with zero attached hydrogens (tertiary/aromatic N) is 5. The molecule has 2 amide bonds. The molecule has 0 spiro atoms. The predicted octanol–water partition coefficient (Wildman–Crippen LogP) is 1.77. The fourth-order valence-electron chi connectivity index (χ4n) is 4.93. The van der Waals surface area contributed by atoms with Crippen LogP contribution >= 0.6 is 0 Å². The van der Waals surface area contributed by atoms with Crippen LogP contribution in [0.1, 0.15) is 46.0 Å². The normalized spacial score (nSPS) is 21.4. The zero-order valence-corrected chi connectivity index (χ0v) is 18.7. The Morgan fingerprint density at radius 2 is 1.72 bits per heavy atom. The molecule has 0 bridgehead atoms. The minimum Gasteiger partial charge on any atom is -0.354 e. The molecule has 170 valence electrons. The van der Waals surface area contributed by atoms with Gasteiger partial charge in [0.05, 0.1) is 11.0 Å². The summed E-state index contributed by atoms with van der Waals surface area (Å²) in [7, 11) is 0. The monoisotopic (exact) mass is 438 g/mol. The molecule has 2 unspecified atom stereocenters. The highest BCUT2D eigenvalue weighted by Gasteiger charge is 2.30. The molecule has 9 nitrogen and oxygen atoms in total. The van der Waals surface area contributed by atoms with Crippen LogP contribution in [0, 0.1) is 5.92 Å². The number of imidazole rings is 1. The molecule has 5 rings (SSSR count). The molecule has 1 N–H and O–H groups in total. The van der Waals surface area contributed by atoms with E-state index in [9.17, 15) is 14.4 Å². The molecule has 2 fully saturated rings. The summed E-state index contributed by atoms with van der Waals surface area (Å²) in [6, 6.07) is 7.87. The van der Waals surface area contributed by atoms with Crippen molar-refractivity contribution in [3.63, 3.8) is 0 Å². The molecule has 3 aromatic rings. The first-order chi connectivity index (χ1) is 15.4. The smallest absolute Gasteiger partial charge is 0.352 e. The first-order valence-corrected chi connectivity index (χ1v) is 11.6. The van der Waals surface area contributed by atoms with E-state index in [2.05, 4.69) is 24.3 Å². The lowest BCUT2D eigenvalue weighted by Crippen LogP contribution is -2.48. The van der Waals surface area contributed by atoms with E-state index in [4.69, 9.17) is 0 Å². The molecule has 1 saturated heterocycles. The van der Waals surface area contributed by atoms with Crippen LogP contribution in [0.25, 0.3) is 16.8 Å². The molecule has 1 aliphatic carbocycles. The van der Waals surface area contributed by atoms with Crippen molar-refractivity contribution in [2.45, 2.75) is 71.1 Å². The Hall–Kier alpha value is -3.10. The maximum absolute atomic E-state index is 13.3. The van der Waals surface area contributed by atoms with Crippen LogP contribution in [0.15, 0.2) is 29.1 Å². The van der Waals surface area contributed by atoms with E-state index < -0.39 is 0 Å². The van der Waals surface area contributed by atoms with Crippen LogP contribution in [0.4, 0.5) is 0 Å². The van der Waals surface area contributed by atoms with Gasteiger partial charge in [-0.2, -0.15) is 0 Å². The fourth-order valence-corrected chi connectivity index (χ4v) is 4.93. The average Bonchev–Trinajstić information content (AvgIpc) is 3.48. The van der Waals surface area contributed by atoms with Crippen LogP contribution in [0.2, 0.25) is 0 Å². The lowest BCUT2D eigenvalue weighted by molar-refractivity contribution is -0.137. The van der Waals surface area contributed by atoms with Gasteiger partial charge < -0.3 is 10.2 Å². The Morgan fingerprint density at radius 1 is 1.03 bits per heavy atom. The Balaban J connectivity index is 1.49. The van der Waals surface area contributed by atoms with E-state index >= 15 is 0 Å². The third kappa shape index (κ3) is 3.69. The standard InChI is InChI=1S/C23H30N6O3/c1-15-6-5-7-16(2)28(15)21(31)14-26-18-8-3-4-9-19(18)29-22(26)25-27(23(29)32)13-20(30)24-12-17-10-11-17/h3-4,8-9,15-17H,5-7,10-14H2,1-2H3,(H,24,30). The van der Waals surface area contributed by atoms with Gasteiger partial charge >= 0.3 is 5.69 Å². The quantitative estimate of drug-likeness (QED) is 0.635. The summed E-state index contributed by atoms with van der Waals surface area (Å²) in [5.41, 5.74) is 1.09. The van der Waals surface area contributed by atoms with Gasteiger partial charge in [0.15, 0.2) is 0 Å². The summed E-state index contributed by atoms with van der Waals surface area (Å²) in [5.74, 6) is 0.757. The summed E-state index contributed by atoms with van der Waals surface area (Å²) in [5, 5.41) is 7.34. The Labute approximate surface area is 186 Å². The SMILES string of the molecule is CC1CCCC(C)N1C(=O)Cn1c2ccccc2n2c(=O)n(CC(=O)NCC3CC3)nc12. The topological polar surface area (TPSA) is 93.6 Å². The Kier molecular flexibility index (Phi) is 5.27. The summed E-state index contributed by atoms with van der Waals surface area (Å²) >= 11 is 0. The number of hydrogen-bond acceptors (Lipinski definition) is 4. The number of carbonyl (C=O) groups excluding carboxylic acids is 2. The minimum absolute atomic E-state index is 0.0251. The van der Waals surface area contributed by atoms with Crippen LogP contribution in [-0.4, -0.2) is 54.1 Å². The number of likely N-dealkylation sites (tertiary alicyclic amines) is 1. The summed E-state index contributed by atoms with van der Waals surface area (Å²) in [6.07, 6.45) is 5.43. The summed E-state index contributed by atoms with van der Waals surface area (Å²) in [6.45, 7) is 4.81. The van der Waals surface area contributed by atoms with Gasteiger partial charge in [-0.1, -0.05) is 12.1 Å². The Morgan fingerprint density at radius 3 is 2.41 bits per heavy atom. The Bertz CT molecular complexity index is 1220. The summed E-state index contributed by atoms with van der Waals surface area (Å²) in [4.78, 5) is 40.7. The van der Waals surface area contributed by atoms with Crippen LogP contribution in [-0.2, 0) is 22.7 Å². The van der Waals surface area contributed by atoms with E-state index in [1.165, 1.54) is 9.08 Å². The number of piperidine rings is 1. The molecular weight excluding hydrogens is 408 g/mol. The van der Waals surface area contributed by atoms with Gasteiger partial charge in [0.1, 0.15) is 13.1 Å². The molecule has 32 heavy (non-hydrogen) atoms. The highest BCUT2D eigenvalue weighted by atomic mass is 16.2. The second-order valence-corrected chi connectivity index (χ2v) is 9.33. The third-order valence-corrected chi connectivity index (χ3v) is 6.83. The fraction of sp³-hybridized carbons (Fsp3) is 0.565. The minimum atomic E-state index is -0.372. The maximum atomic E-state index is 13.3. The predicted molar refractivity (Wildman–Crippen MR) is 120 cm³/mol. The van der Waals surface area contributed by atoms with Gasteiger partial charge in [-0.05, 0) is 64.0 Å². The van der Waals surface area contributed by atoms with Crippen molar-refractivity contribution in [2.24, 2.45) is 5.92 Å². The maximum Gasteiger partial charge on any atom is 0.352 e. The number of aromatic nitrogens is 4. The molecule has 2 atom stereocenters. The number of carbonyl (C=O) groups is 2. The number of hydrogen-bond donors (Lipinski definition) is 1. The van der Waals surface area contributed by atoms with Crippen molar-refractivity contribution in [2.75, 3.05) is 6.54 Å².